The third kappa shape index (κ3) is 2.90. The number of aryl methyl sites for hydroxylation is 2. The average Bonchev–Trinajstić information content (AvgIpc) is 2.74. The van der Waals surface area contributed by atoms with E-state index >= 15 is 0 Å². The second-order valence-electron chi connectivity index (χ2n) is 5.44. The number of anilines is 1. The van der Waals surface area contributed by atoms with Crippen molar-refractivity contribution in [3.63, 3.8) is 0 Å². The molecule has 4 heteroatoms. The summed E-state index contributed by atoms with van der Waals surface area (Å²) in [6.07, 6.45) is 6.18. The van der Waals surface area contributed by atoms with Crippen LogP contribution in [0.3, 0.4) is 0 Å². The molecule has 3 nitrogen and oxygen atoms in total. The molecule has 0 aromatic carbocycles. The van der Waals surface area contributed by atoms with Crippen LogP contribution in [0.1, 0.15) is 36.1 Å². The number of hydrogen-bond donors (Lipinski definition) is 1. The van der Waals surface area contributed by atoms with Crippen molar-refractivity contribution >= 4 is 17.6 Å². The van der Waals surface area contributed by atoms with E-state index in [4.69, 9.17) is 10.7 Å². The monoisotopic (exact) mass is 277 g/mol. The minimum absolute atomic E-state index is 0.610. The molecule has 19 heavy (non-hydrogen) atoms. The van der Waals surface area contributed by atoms with Crippen LogP contribution in [0.5, 0.6) is 0 Å². The van der Waals surface area contributed by atoms with E-state index in [-0.39, 0.29) is 0 Å². The van der Waals surface area contributed by atoms with E-state index in [0.717, 1.165) is 19.5 Å². The first-order valence-electron chi connectivity index (χ1n) is 7.43. The molecular formula is C15H23N3S. The Labute approximate surface area is 120 Å². The summed E-state index contributed by atoms with van der Waals surface area (Å²) in [5, 5.41) is 0. The zero-order chi connectivity index (χ0) is 13.1. The minimum Gasteiger partial charge on any atom is -0.355 e. The van der Waals surface area contributed by atoms with E-state index in [0.29, 0.717) is 6.54 Å². The number of pyridine rings is 1. The summed E-state index contributed by atoms with van der Waals surface area (Å²) in [5.41, 5.74) is 9.97. The molecule has 3 rings (SSSR count). The van der Waals surface area contributed by atoms with Crippen LogP contribution in [0.2, 0.25) is 0 Å². The van der Waals surface area contributed by atoms with Gasteiger partial charge in [0, 0.05) is 36.6 Å². The lowest BCUT2D eigenvalue weighted by Gasteiger charge is -2.26. The molecule has 0 bridgehead atoms. The van der Waals surface area contributed by atoms with Crippen molar-refractivity contribution in [3.8, 4) is 0 Å². The smallest absolute Gasteiger partial charge is 0.133 e. The average molecular weight is 277 g/mol. The number of thioether (sulfide) groups is 1. The molecule has 1 aromatic rings. The lowest BCUT2D eigenvalue weighted by molar-refractivity contribution is 0.661. The van der Waals surface area contributed by atoms with Gasteiger partial charge in [-0.25, -0.2) is 4.98 Å². The van der Waals surface area contributed by atoms with Crippen molar-refractivity contribution in [2.24, 2.45) is 5.73 Å². The van der Waals surface area contributed by atoms with Crippen molar-refractivity contribution in [2.75, 3.05) is 29.5 Å². The quantitative estimate of drug-likeness (QED) is 0.901. The molecule has 1 fully saturated rings. The highest BCUT2D eigenvalue weighted by atomic mass is 32.2. The van der Waals surface area contributed by atoms with Gasteiger partial charge < -0.3 is 10.6 Å². The van der Waals surface area contributed by atoms with Gasteiger partial charge in [0.05, 0.1) is 0 Å². The van der Waals surface area contributed by atoms with Crippen molar-refractivity contribution in [1.29, 1.82) is 0 Å². The topological polar surface area (TPSA) is 42.1 Å². The number of rotatable bonds is 2. The summed E-state index contributed by atoms with van der Waals surface area (Å²) in [6.45, 7) is 2.86. The predicted molar refractivity (Wildman–Crippen MR) is 82.9 cm³/mol. The van der Waals surface area contributed by atoms with Gasteiger partial charge in [-0.05, 0) is 49.5 Å². The number of nitrogens with two attached hydrogens (primary N) is 1. The zero-order valence-electron chi connectivity index (χ0n) is 11.5. The van der Waals surface area contributed by atoms with Gasteiger partial charge in [0.1, 0.15) is 5.82 Å². The number of hydrogen-bond acceptors (Lipinski definition) is 4. The van der Waals surface area contributed by atoms with E-state index < -0.39 is 0 Å². The van der Waals surface area contributed by atoms with Gasteiger partial charge in [0.25, 0.3) is 0 Å². The van der Waals surface area contributed by atoms with E-state index in [9.17, 15) is 0 Å². The minimum atomic E-state index is 0.610. The van der Waals surface area contributed by atoms with Crippen molar-refractivity contribution in [1.82, 2.24) is 4.98 Å². The third-order valence-electron chi connectivity index (χ3n) is 4.10. The molecule has 1 saturated heterocycles. The zero-order valence-corrected chi connectivity index (χ0v) is 12.3. The number of nitrogens with zero attached hydrogens (tertiary/aromatic N) is 2. The Morgan fingerprint density at radius 2 is 2.05 bits per heavy atom. The van der Waals surface area contributed by atoms with Gasteiger partial charge in [-0.2, -0.15) is 11.8 Å². The van der Waals surface area contributed by atoms with Crippen LogP contribution in [0.15, 0.2) is 6.07 Å². The summed E-state index contributed by atoms with van der Waals surface area (Å²) >= 11 is 2.06. The Morgan fingerprint density at radius 3 is 2.95 bits per heavy atom. The summed E-state index contributed by atoms with van der Waals surface area (Å²) in [4.78, 5) is 7.44. The van der Waals surface area contributed by atoms with E-state index in [2.05, 4.69) is 22.7 Å². The van der Waals surface area contributed by atoms with Crippen LogP contribution in [0, 0.1) is 0 Å². The maximum atomic E-state index is 5.96. The van der Waals surface area contributed by atoms with Crippen LogP contribution < -0.4 is 10.6 Å². The number of fused-ring (bicyclic) bond motifs is 1. The Balaban J connectivity index is 1.93. The molecule has 0 spiro atoms. The second-order valence-corrected chi connectivity index (χ2v) is 6.67. The highest BCUT2D eigenvalue weighted by Gasteiger charge is 2.19. The van der Waals surface area contributed by atoms with Gasteiger partial charge in [-0.15, -0.1) is 0 Å². The molecule has 0 saturated carbocycles. The Hall–Kier alpha value is -0.740. The fourth-order valence-electron chi connectivity index (χ4n) is 3.05. The summed E-state index contributed by atoms with van der Waals surface area (Å²) < 4.78 is 0. The third-order valence-corrected chi connectivity index (χ3v) is 5.15. The molecule has 104 valence electrons. The Bertz CT molecular complexity index is 439. The molecule has 0 amide bonds. The fourth-order valence-corrected chi connectivity index (χ4v) is 3.94. The normalized spacial score (nSPS) is 19.9. The van der Waals surface area contributed by atoms with Crippen LogP contribution in [-0.4, -0.2) is 29.6 Å². The molecule has 1 aromatic heterocycles. The van der Waals surface area contributed by atoms with Gasteiger partial charge in [0.2, 0.25) is 0 Å². The first kappa shape index (κ1) is 13.3. The summed E-state index contributed by atoms with van der Waals surface area (Å²) in [6, 6.07) is 2.33. The van der Waals surface area contributed by atoms with Crippen LogP contribution >= 0.6 is 11.8 Å². The molecule has 0 atom stereocenters. The Morgan fingerprint density at radius 1 is 1.16 bits per heavy atom. The lowest BCUT2D eigenvalue weighted by Crippen LogP contribution is -2.29. The molecule has 2 heterocycles. The predicted octanol–water partition coefficient (Wildman–Crippen LogP) is 2.36. The summed E-state index contributed by atoms with van der Waals surface area (Å²) in [7, 11) is 0. The molecule has 0 unspecified atom stereocenters. The lowest BCUT2D eigenvalue weighted by atomic mass is 9.94. The van der Waals surface area contributed by atoms with Gasteiger partial charge >= 0.3 is 0 Å². The molecule has 0 radical (unpaired) electrons. The molecule has 1 aliphatic heterocycles. The standard InChI is InChI=1S/C15H23N3S/c16-11-13-10-12-4-1-2-5-14(12)17-15(13)18-6-3-8-19-9-7-18/h10H,1-9,11,16H2. The highest BCUT2D eigenvalue weighted by molar-refractivity contribution is 7.99. The largest absolute Gasteiger partial charge is 0.355 e. The highest BCUT2D eigenvalue weighted by Crippen LogP contribution is 2.27. The van der Waals surface area contributed by atoms with Crippen molar-refractivity contribution < 1.29 is 0 Å². The summed E-state index contributed by atoms with van der Waals surface area (Å²) in [5.74, 6) is 3.66. The maximum absolute atomic E-state index is 5.96. The van der Waals surface area contributed by atoms with Gasteiger partial charge in [0.15, 0.2) is 0 Å². The molecule has 1 aliphatic carbocycles. The van der Waals surface area contributed by atoms with Crippen molar-refractivity contribution in [2.45, 2.75) is 38.6 Å². The van der Waals surface area contributed by atoms with Crippen LogP contribution in [-0.2, 0) is 19.4 Å². The van der Waals surface area contributed by atoms with Gasteiger partial charge in [-0.3, -0.25) is 0 Å². The van der Waals surface area contributed by atoms with Crippen LogP contribution in [0.4, 0.5) is 5.82 Å². The van der Waals surface area contributed by atoms with Crippen molar-refractivity contribution in [3.05, 3.63) is 22.9 Å². The number of aromatic nitrogens is 1. The SMILES string of the molecule is NCc1cc2c(nc1N1CCCSCC1)CCCC2. The fraction of sp³-hybridized carbons (Fsp3) is 0.667. The molecule has 2 aliphatic rings. The van der Waals surface area contributed by atoms with Gasteiger partial charge in [-0.1, -0.05) is 0 Å². The van der Waals surface area contributed by atoms with E-state index in [1.165, 1.54) is 59.8 Å². The first-order valence-corrected chi connectivity index (χ1v) is 8.58. The second kappa shape index (κ2) is 6.14. The maximum Gasteiger partial charge on any atom is 0.133 e. The molecular weight excluding hydrogens is 254 g/mol. The molecule has 2 N–H and O–H groups in total. The van der Waals surface area contributed by atoms with E-state index in [1.807, 2.05) is 0 Å². The first-order chi connectivity index (χ1) is 9.38. The van der Waals surface area contributed by atoms with E-state index in [1.54, 1.807) is 0 Å². The van der Waals surface area contributed by atoms with Crippen LogP contribution in [0.25, 0.3) is 0 Å². The Kier molecular flexibility index (Phi) is 4.28.